The van der Waals surface area contributed by atoms with Crippen molar-refractivity contribution in [2.45, 2.75) is 57.8 Å². The van der Waals surface area contributed by atoms with Crippen LogP contribution in [0.2, 0.25) is 0 Å². The molecule has 1 heterocycles. The molecule has 0 aromatic rings. The van der Waals surface area contributed by atoms with Gasteiger partial charge in [0.2, 0.25) is 11.8 Å². The highest BCUT2D eigenvalue weighted by Gasteiger charge is 2.34. The molecule has 2 amide bonds. The van der Waals surface area contributed by atoms with Crippen LogP contribution in [-0.2, 0) is 9.59 Å². The summed E-state index contributed by atoms with van der Waals surface area (Å²) in [7, 11) is 0. The molecule has 4 nitrogen and oxygen atoms in total. The smallest absolute Gasteiger partial charge is 0.223 e. The van der Waals surface area contributed by atoms with E-state index in [-0.39, 0.29) is 17.7 Å². The maximum absolute atomic E-state index is 13.0. The van der Waals surface area contributed by atoms with E-state index in [2.05, 4.69) is 29.6 Å². The zero-order chi connectivity index (χ0) is 17.5. The Balaban J connectivity index is 1.50. The van der Waals surface area contributed by atoms with Crippen LogP contribution >= 0.6 is 0 Å². The predicted molar refractivity (Wildman–Crippen MR) is 99.9 cm³/mol. The summed E-state index contributed by atoms with van der Waals surface area (Å²) < 4.78 is 0. The first-order chi connectivity index (χ1) is 12.3. The third-order valence-corrected chi connectivity index (χ3v) is 6.01. The lowest BCUT2D eigenvalue weighted by atomic mass is 9.72. The van der Waals surface area contributed by atoms with Crippen molar-refractivity contribution in [2.24, 2.45) is 17.8 Å². The quantitative estimate of drug-likeness (QED) is 0.719. The molecular formula is C21H32N2O2. The SMILES string of the molecule is O=C(NCCCN1CCCC1=O)C(C1C=CC=CC1)C1CCCCC1. The predicted octanol–water partition coefficient (Wildman–Crippen LogP) is 3.44. The van der Waals surface area contributed by atoms with E-state index in [1.165, 1.54) is 32.1 Å². The number of likely N-dealkylation sites (tertiary alicyclic amines) is 1. The van der Waals surface area contributed by atoms with Gasteiger partial charge in [-0.25, -0.2) is 0 Å². The molecule has 0 radical (unpaired) electrons. The van der Waals surface area contributed by atoms with E-state index >= 15 is 0 Å². The van der Waals surface area contributed by atoms with Gasteiger partial charge >= 0.3 is 0 Å². The topological polar surface area (TPSA) is 49.4 Å². The summed E-state index contributed by atoms with van der Waals surface area (Å²) in [5.41, 5.74) is 0. The first kappa shape index (κ1) is 18.2. The average Bonchev–Trinajstić information content (AvgIpc) is 3.06. The first-order valence-electron chi connectivity index (χ1n) is 10.1. The van der Waals surface area contributed by atoms with Crippen LogP contribution in [0.5, 0.6) is 0 Å². The second-order valence-corrected chi connectivity index (χ2v) is 7.77. The van der Waals surface area contributed by atoms with E-state index < -0.39 is 0 Å². The van der Waals surface area contributed by atoms with E-state index in [1.807, 2.05) is 4.90 Å². The Morgan fingerprint density at radius 2 is 2.04 bits per heavy atom. The fourth-order valence-electron chi connectivity index (χ4n) is 4.66. The third kappa shape index (κ3) is 4.96. The molecule has 0 spiro atoms. The fourth-order valence-corrected chi connectivity index (χ4v) is 4.66. The number of amides is 2. The van der Waals surface area contributed by atoms with Crippen LogP contribution in [0, 0.1) is 17.8 Å². The van der Waals surface area contributed by atoms with Crippen molar-refractivity contribution in [2.75, 3.05) is 19.6 Å². The molecule has 0 bridgehead atoms. The molecule has 1 saturated heterocycles. The van der Waals surface area contributed by atoms with Gasteiger partial charge < -0.3 is 10.2 Å². The van der Waals surface area contributed by atoms with Gasteiger partial charge in [0, 0.05) is 32.0 Å². The van der Waals surface area contributed by atoms with Crippen molar-refractivity contribution in [3.05, 3.63) is 24.3 Å². The Kier molecular flexibility index (Phi) is 6.71. The van der Waals surface area contributed by atoms with Gasteiger partial charge in [0.25, 0.3) is 0 Å². The lowest BCUT2D eigenvalue weighted by Crippen LogP contribution is -2.41. The van der Waals surface area contributed by atoms with E-state index in [0.717, 1.165) is 32.4 Å². The van der Waals surface area contributed by atoms with Crippen molar-refractivity contribution in [1.29, 1.82) is 0 Å². The van der Waals surface area contributed by atoms with Crippen LogP contribution in [0.3, 0.4) is 0 Å². The average molecular weight is 344 g/mol. The highest BCUT2D eigenvalue weighted by molar-refractivity contribution is 5.80. The molecule has 3 rings (SSSR count). The van der Waals surface area contributed by atoms with Crippen molar-refractivity contribution in [1.82, 2.24) is 10.2 Å². The van der Waals surface area contributed by atoms with Crippen molar-refractivity contribution < 1.29 is 9.59 Å². The number of carbonyl (C=O) groups excluding carboxylic acids is 2. The molecule has 3 aliphatic rings. The molecule has 0 aromatic heterocycles. The molecule has 1 aliphatic heterocycles. The minimum Gasteiger partial charge on any atom is -0.356 e. The second-order valence-electron chi connectivity index (χ2n) is 7.77. The molecule has 138 valence electrons. The van der Waals surface area contributed by atoms with Crippen LogP contribution in [0.15, 0.2) is 24.3 Å². The van der Waals surface area contributed by atoms with Gasteiger partial charge in [-0.2, -0.15) is 0 Å². The summed E-state index contributed by atoms with van der Waals surface area (Å²) >= 11 is 0. The number of allylic oxidation sites excluding steroid dienone is 4. The van der Waals surface area contributed by atoms with E-state index in [1.54, 1.807) is 0 Å². The molecule has 4 heteroatoms. The highest BCUT2D eigenvalue weighted by atomic mass is 16.2. The van der Waals surface area contributed by atoms with Gasteiger partial charge in [-0.1, -0.05) is 43.6 Å². The first-order valence-corrected chi connectivity index (χ1v) is 10.1. The molecule has 2 atom stereocenters. The Bertz CT molecular complexity index is 520. The van der Waals surface area contributed by atoms with Gasteiger partial charge in [0.15, 0.2) is 0 Å². The Morgan fingerprint density at radius 1 is 1.20 bits per heavy atom. The number of hydrogen-bond acceptors (Lipinski definition) is 2. The van der Waals surface area contributed by atoms with Crippen LogP contribution < -0.4 is 5.32 Å². The normalized spacial score (nSPS) is 25.4. The monoisotopic (exact) mass is 344 g/mol. The van der Waals surface area contributed by atoms with Crippen molar-refractivity contribution in [3.8, 4) is 0 Å². The van der Waals surface area contributed by atoms with Crippen molar-refractivity contribution in [3.63, 3.8) is 0 Å². The number of carbonyl (C=O) groups is 2. The minimum absolute atomic E-state index is 0.106. The number of nitrogens with one attached hydrogen (secondary N) is 1. The van der Waals surface area contributed by atoms with E-state index in [4.69, 9.17) is 0 Å². The Hall–Kier alpha value is -1.58. The number of hydrogen-bond donors (Lipinski definition) is 1. The summed E-state index contributed by atoms with van der Waals surface area (Å²) in [5.74, 6) is 1.47. The third-order valence-electron chi connectivity index (χ3n) is 6.01. The molecule has 25 heavy (non-hydrogen) atoms. The lowest BCUT2D eigenvalue weighted by molar-refractivity contribution is -0.128. The molecule has 2 unspecified atom stereocenters. The largest absolute Gasteiger partial charge is 0.356 e. The van der Waals surface area contributed by atoms with Gasteiger partial charge in [-0.3, -0.25) is 9.59 Å². The zero-order valence-electron chi connectivity index (χ0n) is 15.3. The van der Waals surface area contributed by atoms with Crippen LogP contribution in [0.25, 0.3) is 0 Å². The summed E-state index contributed by atoms with van der Waals surface area (Å²) in [6.07, 6.45) is 18.3. The maximum atomic E-state index is 13.0. The highest BCUT2D eigenvalue weighted by Crippen LogP contribution is 2.37. The van der Waals surface area contributed by atoms with Crippen LogP contribution in [0.4, 0.5) is 0 Å². The molecule has 0 aromatic carbocycles. The summed E-state index contributed by atoms with van der Waals surface area (Å²) in [5, 5.41) is 3.18. The molecule has 1 N–H and O–H groups in total. The number of nitrogens with zero attached hydrogens (tertiary/aromatic N) is 1. The van der Waals surface area contributed by atoms with Gasteiger partial charge in [-0.05, 0) is 43.9 Å². The summed E-state index contributed by atoms with van der Waals surface area (Å²) in [6.45, 7) is 2.34. The molecular weight excluding hydrogens is 312 g/mol. The summed E-state index contributed by atoms with van der Waals surface area (Å²) in [4.78, 5) is 26.5. The fraction of sp³-hybridized carbons (Fsp3) is 0.714. The van der Waals surface area contributed by atoms with Gasteiger partial charge in [0.05, 0.1) is 0 Å². The Labute approximate surface area is 151 Å². The van der Waals surface area contributed by atoms with Gasteiger partial charge in [0.1, 0.15) is 0 Å². The zero-order valence-corrected chi connectivity index (χ0v) is 15.3. The standard InChI is InChI=1S/C21H32N2O2/c24-19-13-7-15-23(19)16-8-14-22-21(25)20(17-9-3-1-4-10-17)18-11-5-2-6-12-18/h1,3-4,9,17-18,20H,2,5-8,10-16H2,(H,22,25). The second kappa shape index (κ2) is 9.21. The molecule has 2 fully saturated rings. The van der Waals surface area contributed by atoms with Crippen LogP contribution in [0.1, 0.15) is 57.8 Å². The maximum Gasteiger partial charge on any atom is 0.223 e. The van der Waals surface area contributed by atoms with Gasteiger partial charge in [-0.15, -0.1) is 0 Å². The number of rotatable bonds is 7. The minimum atomic E-state index is 0.106. The molecule has 1 saturated carbocycles. The van der Waals surface area contributed by atoms with E-state index in [0.29, 0.717) is 24.8 Å². The molecule has 2 aliphatic carbocycles. The van der Waals surface area contributed by atoms with Crippen LogP contribution in [-0.4, -0.2) is 36.3 Å². The Morgan fingerprint density at radius 3 is 2.72 bits per heavy atom. The van der Waals surface area contributed by atoms with Crippen molar-refractivity contribution >= 4 is 11.8 Å². The van der Waals surface area contributed by atoms with E-state index in [9.17, 15) is 9.59 Å². The summed E-state index contributed by atoms with van der Waals surface area (Å²) in [6, 6.07) is 0. The lowest BCUT2D eigenvalue weighted by Gasteiger charge is -2.34.